The molecule has 0 radical (unpaired) electrons. The molecule has 80 valence electrons. The number of aliphatic carboxylic acids is 1. The lowest BCUT2D eigenvalue weighted by molar-refractivity contribution is -0.138. The van der Waals surface area contributed by atoms with Crippen LogP contribution in [0.3, 0.4) is 0 Å². The summed E-state index contributed by atoms with van der Waals surface area (Å²) in [7, 11) is 0. The average Bonchev–Trinajstić information content (AvgIpc) is 2.46. The predicted molar refractivity (Wildman–Crippen MR) is 52.9 cm³/mol. The third-order valence-corrected chi connectivity index (χ3v) is 2.87. The predicted octanol–water partition coefficient (Wildman–Crippen LogP) is 0.234. The highest BCUT2D eigenvalue weighted by Gasteiger charge is 2.36. The third-order valence-electron chi connectivity index (χ3n) is 2.87. The SMILES string of the molecule is C=C(C)[C@H]1CN[C@H](CO)[C@H]1CC(=O)O. The van der Waals surface area contributed by atoms with Crippen molar-refractivity contribution in [2.75, 3.05) is 13.2 Å². The molecule has 1 heterocycles. The quantitative estimate of drug-likeness (QED) is 0.567. The molecule has 1 fully saturated rings. The number of nitrogens with one attached hydrogen (secondary N) is 1. The van der Waals surface area contributed by atoms with E-state index >= 15 is 0 Å². The highest BCUT2D eigenvalue weighted by atomic mass is 16.4. The zero-order valence-corrected chi connectivity index (χ0v) is 8.36. The third kappa shape index (κ3) is 2.33. The second kappa shape index (κ2) is 4.57. The van der Waals surface area contributed by atoms with Crippen molar-refractivity contribution in [3.8, 4) is 0 Å². The Bertz CT molecular complexity index is 240. The van der Waals surface area contributed by atoms with Crippen molar-refractivity contribution in [2.24, 2.45) is 11.8 Å². The van der Waals surface area contributed by atoms with Crippen LogP contribution in [0.25, 0.3) is 0 Å². The van der Waals surface area contributed by atoms with Crippen LogP contribution in [0.5, 0.6) is 0 Å². The number of hydrogen-bond donors (Lipinski definition) is 3. The van der Waals surface area contributed by atoms with Crippen LogP contribution in [0, 0.1) is 11.8 Å². The van der Waals surface area contributed by atoms with Gasteiger partial charge in [0.2, 0.25) is 0 Å². The van der Waals surface area contributed by atoms with E-state index in [4.69, 9.17) is 10.2 Å². The van der Waals surface area contributed by atoms with Gasteiger partial charge in [0, 0.05) is 12.6 Å². The standard InChI is InChI=1S/C10H17NO3/c1-6(2)8-4-11-9(5-12)7(8)3-10(13)14/h7-9,11-12H,1,3-5H2,2H3,(H,13,14)/t7-,8+,9+/m0/s1. The van der Waals surface area contributed by atoms with Crippen molar-refractivity contribution >= 4 is 5.97 Å². The molecule has 1 aliphatic heterocycles. The summed E-state index contributed by atoms with van der Waals surface area (Å²) < 4.78 is 0. The summed E-state index contributed by atoms with van der Waals surface area (Å²) in [5, 5.41) is 20.9. The van der Waals surface area contributed by atoms with E-state index in [2.05, 4.69) is 11.9 Å². The van der Waals surface area contributed by atoms with Gasteiger partial charge in [0.05, 0.1) is 13.0 Å². The van der Waals surface area contributed by atoms with Gasteiger partial charge in [-0.2, -0.15) is 0 Å². The Kier molecular flexibility index (Phi) is 3.66. The van der Waals surface area contributed by atoms with Crippen molar-refractivity contribution in [3.63, 3.8) is 0 Å². The Morgan fingerprint density at radius 3 is 2.71 bits per heavy atom. The molecule has 0 unspecified atom stereocenters. The van der Waals surface area contributed by atoms with Gasteiger partial charge in [-0.15, -0.1) is 0 Å². The molecule has 0 aromatic rings. The van der Waals surface area contributed by atoms with Gasteiger partial charge in [-0.3, -0.25) is 4.79 Å². The van der Waals surface area contributed by atoms with Gasteiger partial charge < -0.3 is 15.5 Å². The molecular formula is C10H17NO3. The molecule has 0 aromatic carbocycles. The molecule has 0 amide bonds. The van der Waals surface area contributed by atoms with Gasteiger partial charge in [-0.1, -0.05) is 12.2 Å². The van der Waals surface area contributed by atoms with Crippen LogP contribution in [0.1, 0.15) is 13.3 Å². The number of carbonyl (C=O) groups is 1. The molecule has 4 nitrogen and oxygen atoms in total. The van der Waals surface area contributed by atoms with E-state index in [1.807, 2.05) is 6.92 Å². The van der Waals surface area contributed by atoms with Crippen molar-refractivity contribution < 1.29 is 15.0 Å². The van der Waals surface area contributed by atoms with E-state index in [-0.39, 0.29) is 30.9 Å². The molecule has 0 saturated carbocycles. The maximum Gasteiger partial charge on any atom is 0.303 e. The van der Waals surface area contributed by atoms with Gasteiger partial charge >= 0.3 is 5.97 Å². The van der Waals surface area contributed by atoms with E-state index in [1.54, 1.807) is 0 Å². The van der Waals surface area contributed by atoms with E-state index in [0.29, 0.717) is 0 Å². The summed E-state index contributed by atoms with van der Waals surface area (Å²) in [5.41, 5.74) is 0.986. The summed E-state index contributed by atoms with van der Waals surface area (Å²) in [6.45, 7) is 6.46. The molecule has 0 aliphatic carbocycles. The van der Waals surface area contributed by atoms with E-state index in [1.165, 1.54) is 0 Å². The molecule has 0 spiro atoms. The van der Waals surface area contributed by atoms with E-state index in [9.17, 15) is 4.79 Å². The lowest BCUT2D eigenvalue weighted by Gasteiger charge is -2.21. The van der Waals surface area contributed by atoms with Gasteiger partial charge in [0.25, 0.3) is 0 Å². The highest BCUT2D eigenvalue weighted by molar-refractivity contribution is 5.67. The van der Waals surface area contributed by atoms with E-state index in [0.717, 1.165) is 12.1 Å². The van der Waals surface area contributed by atoms with Crippen LogP contribution >= 0.6 is 0 Å². The molecular weight excluding hydrogens is 182 g/mol. The molecule has 1 aliphatic rings. The van der Waals surface area contributed by atoms with Crippen molar-refractivity contribution in [1.29, 1.82) is 0 Å². The molecule has 14 heavy (non-hydrogen) atoms. The summed E-state index contributed by atoms with van der Waals surface area (Å²) in [5.74, 6) is -0.679. The second-order valence-corrected chi connectivity index (χ2v) is 3.91. The van der Waals surface area contributed by atoms with Crippen LogP contribution in [-0.2, 0) is 4.79 Å². The normalized spacial score (nSPS) is 31.7. The number of aliphatic hydroxyl groups is 1. The molecule has 1 saturated heterocycles. The minimum atomic E-state index is -0.816. The fourth-order valence-corrected chi connectivity index (χ4v) is 2.09. The van der Waals surface area contributed by atoms with Gasteiger partial charge in [0.1, 0.15) is 0 Å². The summed E-state index contributed by atoms with van der Waals surface area (Å²) in [6, 6.07) is -0.104. The molecule has 3 N–H and O–H groups in total. The highest BCUT2D eigenvalue weighted by Crippen LogP contribution is 2.30. The zero-order chi connectivity index (χ0) is 10.7. The molecule has 4 heteroatoms. The van der Waals surface area contributed by atoms with Crippen LogP contribution in [0.15, 0.2) is 12.2 Å². The summed E-state index contributed by atoms with van der Waals surface area (Å²) in [4.78, 5) is 10.6. The Labute approximate surface area is 83.6 Å². The Hall–Kier alpha value is -0.870. The maximum atomic E-state index is 10.6. The average molecular weight is 199 g/mol. The Morgan fingerprint density at radius 1 is 1.64 bits per heavy atom. The molecule has 0 aromatic heterocycles. The number of carboxylic acids is 1. The lowest BCUT2D eigenvalue weighted by Crippen LogP contribution is -2.32. The lowest BCUT2D eigenvalue weighted by atomic mass is 9.84. The van der Waals surface area contributed by atoms with Crippen molar-refractivity contribution in [1.82, 2.24) is 5.32 Å². The molecule has 0 bridgehead atoms. The fraction of sp³-hybridized carbons (Fsp3) is 0.700. The first-order chi connectivity index (χ1) is 6.56. The second-order valence-electron chi connectivity index (χ2n) is 3.91. The van der Waals surface area contributed by atoms with E-state index < -0.39 is 5.97 Å². The first-order valence-electron chi connectivity index (χ1n) is 4.77. The summed E-state index contributed by atoms with van der Waals surface area (Å²) in [6.07, 6.45) is 0.0930. The van der Waals surface area contributed by atoms with Gasteiger partial charge in [-0.25, -0.2) is 0 Å². The molecule has 3 atom stereocenters. The van der Waals surface area contributed by atoms with Crippen LogP contribution in [0.2, 0.25) is 0 Å². The first kappa shape index (κ1) is 11.2. The number of aliphatic hydroxyl groups excluding tert-OH is 1. The van der Waals surface area contributed by atoms with Crippen LogP contribution in [0.4, 0.5) is 0 Å². The largest absolute Gasteiger partial charge is 0.481 e. The zero-order valence-electron chi connectivity index (χ0n) is 8.36. The minimum Gasteiger partial charge on any atom is -0.481 e. The number of rotatable bonds is 4. The number of carboxylic acid groups (broad SMARTS) is 1. The van der Waals surface area contributed by atoms with Crippen molar-refractivity contribution in [2.45, 2.75) is 19.4 Å². The Balaban J connectivity index is 2.69. The van der Waals surface area contributed by atoms with Crippen molar-refractivity contribution in [3.05, 3.63) is 12.2 Å². The minimum absolute atomic E-state index is 0.0122. The van der Waals surface area contributed by atoms with Gasteiger partial charge in [0.15, 0.2) is 0 Å². The monoisotopic (exact) mass is 199 g/mol. The first-order valence-corrected chi connectivity index (χ1v) is 4.77. The fourth-order valence-electron chi connectivity index (χ4n) is 2.09. The van der Waals surface area contributed by atoms with Crippen LogP contribution in [-0.4, -0.2) is 35.4 Å². The number of hydrogen-bond acceptors (Lipinski definition) is 3. The van der Waals surface area contributed by atoms with Crippen LogP contribution < -0.4 is 5.32 Å². The maximum absolute atomic E-state index is 10.6. The molecule has 1 rings (SSSR count). The topological polar surface area (TPSA) is 69.6 Å². The summed E-state index contributed by atoms with van der Waals surface area (Å²) >= 11 is 0. The smallest absolute Gasteiger partial charge is 0.303 e. The Morgan fingerprint density at radius 2 is 2.29 bits per heavy atom. The van der Waals surface area contributed by atoms with Gasteiger partial charge in [-0.05, 0) is 18.8 Å².